The number of nitrogens with zero attached hydrogens (tertiary/aromatic N) is 1. The molecule has 0 bridgehead atoms. The highest BCUT2D eigenvalue weighted by atomic mass is 16.4. The second kappa shape index (κ2) is 4.26. The number of nitrogens with one attached hydrogen (secondary N) is 1. The molecule has 0 aliphatic carbocycles. The Labute approximate surface area is 73.2 Å². The van der Waals surface area contributed by atoms with Gasteiger partial charge in [-0.2, -0.15) is 0 Å². The molecule has 68 valence electrons. The molecule has 1 aliphatic heterocycles. The van der Waals surface area contributed by atoms with Crippen molar-refractivity contribution in [2.75, 3.05) is 6.54 Å². The molecular formula is C9H16N2O. The van der Waals surface area contributed by atoms with E-state index in [4.69, 9.17) is 4.42 Å². The summed E-state index contributed by atoms with van der Waals surface area (Å²) in [4.78, 5) is 4.22. The van der Waals surface area contributed by atoms with Crippen molar-refractivity contribution in [3.8, 4) is 0 Å². The first-order valence-corrected chi connectivity index (χ1v) is 4.52. The Hall–Kier alpha value is -0.830. The summed E-state index contributed by atoms with van der Waals surface area (Å²) in [5, 5.41) is 3.23. The van der Waals surface area contributed by atoms with Crippen LogP contribution in [-0.4, -0.2) is 11.5 Å². The van der Waals surface area contributed by atoms with E-state index in [0.717, 1.165) is 36.9 Å². The Morgan fingerprint density at radius 1 is 1.42 bits per heavy atom. The summed E-state index contributed by atoms with van der Waals surface area (Å²) in [5.41, 5.74) is 1.09. The van der Waals surface area contributed by atoms with Crippen LogP contribution in [0.4, 0.5) is 0 Å². The molecule has 0 aromatic carbocycles. The van der Waals surface area contributed by atoms with Gasteiger partial charge in [-0.1, -0.05) is 13.8 Å². The van der Waals surface area contributed by atoms with Gasteiger partial charge in [0.2, 0.25) is 0 Å². The van der Waals surface area contributed by atoms with E-state index >= 15 is 0 Å². The fourth-order valence-electron chi connectivity index (χ4n) is 1.25. The molecule has 0 radical (unpaired) electrons. The molecule has 0 saturated heterocycles. The fraction of sp³-hybridized carbons (Fsp3) is 0.667. The number of aryl methyl sites for hydroxylation is 1. The van der Waals surface area contributed by atoms with Crippen LogP contribution in [0.3, 0.4) is 0 Å². The second-order valence-corrected chi connectivity index (χ2v) is 2.53. The predicted octanol–water partition coefficient (Wildman–Crippen LogP) is 1.65. The van der Waals surface area contributed by atoms with Crippen LogP contribution in [0.5, 0.6) is 0 Å². The smallest absolute Gasteiger partial charge is 0.191 e. The summed E-state index contributed by atoms with van der Waals surface area (Å²) in [5.74, 6) is 1.85. The molecular weight excluding hydrogens is 152 g/mol. The number of rotatable bonds is 0. The van der Waals surface area contributed by atoms with Crippen LogP contribution in [-0.2, 0) is 13.0 Å². The third kappa shape index (κ3) is 1.85. The van der Waals surface area contributed by atoms with Gasteiger partial charge in [0.1, 0.15) is 5.76 Å². The van der Waals surface area contributed by atoms with E-state index in [2.05, 4.69) is 10.3 Å². The molecule has 0 amide bonds. The third-order valence-electron chi connectivity index (χ3n) is 1.71. The molecule has 2 rings (SSSR count). The number of hydrogen-bond donors (Lipinski definition) is 1. The summed E-state index contributed by atoms with van der Waals surface area (Å²) in [6.45, 7) is 7.77. The van der Waals surface area contributed by atoms with Gasteiger partial charge in [-0.05, 0) is 0 Å². The topological polar surface area (TPSA) is 38.1 Å². The maximum atomic E-state index is 5.35. The Bertz CT molecular complexity index is 219. The van der Waals surface area contributed by atoms with Gasteiger partial charge in [0.05, 0.1) is 5.69 Å². The summed E-state index contributed by atoms with van der Waals surface area (Å²) in [6.07, 6.45) is 0.982. The largest absolute Gasteiger partial charge is 0.446 e. The first-order valence-electron chi connectivity index (χ1n) is 4.52. The van der Waals surface area contributed by atoms with Crippen molar-refractivity contribution in [2.24, 2.45) is 0 Å². The summed E-state index contributed by atoms with van der Waals surface area (Å²) >= 11 is 0. The van der Waals surface area contributed by atoms with E-state index < -0.39 is 0 Å². The van der Waals surface area contributed by atoms with Gasteiger partial charge in [-0.3, -0.25) is 0 Å². The standard InChI is InChI=1S/C7H10N2O.C2H6/c1-5-9-6-4-8-3-2-7(6)10-5;1-2/h8H,2-4H2,1H3;1-2H3. The molecule has 1 aromatic heterocycles. The molecule has 0 unspecified atom stereocenters. The summed E-state index contributed by atoms with van der Waals surface area (Å²) in [6, 6.07) is 0. The lowest BCUT2D eigenvalue weighted by Gasteiger charge is -2.08. The Morgan fingerprint density at radius 2 is 2.17 bits per heavy atom. The lowest BCUT2D eigenvalue weighted by molar-refractivity contribution is 0.453. The molecule has 0 atom stereocenters. The first-order chi connectivity index (χ1) is 5.86. The van der Waals surface area contributed by atoms with Crippen molar-refractivity contribution >= 4 is 0 Å². The third-order valence-corrected chi connectivity index (χ3v) is 1.71. The highest BCUT2D eigenvalue weighted by molar-refractivity contribution is 5.12. The molecule has 12 heavy (non-hydrogen) atoms. The van der Waals surface area contributed by atoms with E-state index in [-0.39, 0.29) is 0 Å². The van der Waals surface area contributed by atoms with Gasteiger partial charge in [-0.15, -0.1) is 0 Å². The monoisotopic (exact) mass is 168 g/mol. The van der Waals surface area contributed by atoms with Crippen molar-refractivity contribution in [2.45, 2.75) is 33.7 Å². The average Bonchev–Trinajstić information content (AvgIpc) is 2.48. The van der Waals surface area contributed by atoms with E-state index in [0.29, 0.717) is 0 Å². The van der Waals surface area contributed by atoms with Gasteiger partial charge in [0, 0.05) is 26.4 Å². The van der Waals surface area contributed by atoms with Crippen molar-refractivity contribution in [3.63, 3.8) is 0 Å². The van der Waals surface area contributed by atoms with Crippen molar-refractivity contribution in [1.82, 2.24) is 10.3 Å². The van der Waals surface area contributed by atoms with E-state index in [1.807, 2.05) is 20.8 Å². The minimum Gasteiger partial charge on any atom is -0.446 e. The zero-order chi connectivity index (χ0) is 8.97. The number of fused-ring (bicyclic) bond motifs is 1. The SMILES string of the molecule is CC.Cc1nc2c(o1)CCNC2. The van der Waals surface area contributed by atoms with Crippen molar-refractivity contribution in [3.05, 3.63) is 17.3 Å². The van der Waals surface area contributed by atoms with Crippen molar-refractivity contribution in [1.29, 1.82) is 0 Å². The second-order valence-electron chi connectivity index (χ2n) is 2.53. The number of oxazole rings is 1. The summed E-state index contributed by atoms with van der Waals surface area (Å²) in [7, 11) is 0. The van der Waals surface area contributed by atoms with E-state index in [1.54, 1.807) is 0 Å². The maximum Gasteiger partial charge on any atom is 0.191 e. The lowest BCUT2D eigenvalue weighted by Crippen LogP contribution is -2.22. The van der Waals surface area contributed by atoms with Gasteiger partial charge >= 0.3 is 0 Å². The van der Waals surface area contributed by atoms with E-state index in [9.17, 15) is 0 Å². The van der Waals surface area contributed by atoms with Crippen molar-refractivity contribution < 1.29 is 4.42 Å². The summed E-state index contributed by atoms with van der Waals surface area (Å²) < 4.78 is 5.35. The van der Waals surface area contributed by atoms with Crippen LogP contribution in [0, 0.1) is 6.92 Å². The first kappa shape index (κ1) is 9.26. The maximum absolute atomic E-state index is 5.35. The Morgan fingerprint density at radius 3 is 2.83 bits per heavy atom. The predicted molar refractivity (Wildman–Crippen MR) is 48.0 cm³/mol. The molecule has 0 fully saturated rings. The van der Waals surface area contributed by atoms with Crippen LogP contribution >= 0.6 is 0 Å². The highest BCUT2D eigenvalue weighted by Crippen LogP contribution is 2.13. The lowest BCUT2D eigenvalue weighted by atomic mass is 10.2. The normalized spacial score (nSPS) is 14.6. The van der Waals surface area contributed by atoms with Crippen LogP contribution in [0.2, 0.25) is 0 Å². The zero-order valence-electron chi connectivity index (χ0n) is 7.98. The van der Waals surface area contributed by atoms with Gasteiger partial charge in [0.25, 0.3) is 0 Å². The molecule has 2 heterocycles. The number of aromatic nitrogens is 1. The average molecular weight is 168 g/mol. The van der Waals surface area contributed by atoms with Gasteiger partial charge in [-0.25, -0.2) is 4.98 Å². The van der Waals surface area contributed by atoms with Crippen LogP contribution in [0.15, 0.2) is 4.42 Å². The fourth-order valence-corrected chi connectivity index (χ4v) is 1.25. The van der Waals surface area contributed by atoms with E-state index in [1.165, 1.54) is 0 Å². The highest BCUT2D eigenvalue weighted by Gasteiger charge is 2.13. The Balaban J connectivity index is 0.000000336. The van der Waals surface area contributed by atoms with Crippen LogP contribution in [0.1, 0.15) is 31.2 Å². The minimum absolute atomic E-state index is 0.786. The van der Waals surface area contributed by atoms with Gasteiger partial charge < -0.3 is 9.73 Å². The zero-order valence-corrected chi connectivity index (χ0v) is 7.98. The molecule has 1 N–H and O–H groups in total. The molecule has 0 spiro atoms. The van der Waals surface area contributed by atoms with Gasteiger partial charge in [0.15, 0.2) is 5.89 Å². The molecule has 1 aliphatic rings. The molecule has 1 aromatic rings. The minimum atomic E-state index is 0.786. The number of hydrogen-bond acceptors (Lipinski definition) is 3. The Kier molecular flexibility index (Phi) is 3.29. The van der Waals surface area contributed by atoms with Crippen LogP contribution in [0.25, 0.3) is 0 Å². The molecule has 3 heteroatoms. The molecule has 3 nitrogen and oxygen atoms in total. The quantitative estimate of drug-likeness (QED) is 0.640. The van der Waals surface area contributed by atoms with Crippen LogP contribution < -0.4 is 5.32 Å². The molecule has 0 saturated carbocycles.